The van der Waals surface area contributed by atoms with Crippen molar-refractivity contribution in [3.8, 4) is 0 Å². The summed E-state index contributed by atoms with van der Waals surface area (Å²) in [6, 6.07) is 6.11. The van der Waals surface area contributed by atoms with E-state index < -0.39 is 0 Å². The lowest BCUT2D eigenvalue weighted by atomic mass is 10.1. The fourth-order valence-corrected chi connectivity index (χ4v) is 1.59. The Morgan fingerprint density at radius 2 is 1.70 bits per heavy atom. The molecule has 4 nitrogen and oxygen atoms in total. The molecule has 0 spiro atoms. The molecule has 0 radical (unpaired) electrons. The number of halogens is 1. The number of amides is 2. The second kappa shape index (κ2) is 8.30. The molecule has 0 fully saturated rings. The minimum atomic E-state index is -0.279. The van der Waals surface area contributed by atoms with Crippen molar-refractivity contribution in [3.63, 3.8) is 0 Å². The molecule has 1 aromatic rings. The van der Waals surface area contributed by atoms with Gasteiger partial charge in [0.15, 0.2) is 0 Å². The van der Waals surface area contributed by atoms with Gasteiger partial charge in [0.2, 0.25) is 11.8 Å². The average Bonchev–Trinajstić information content (AvgIpc) is 2.42. The maximum Gasteiger partial charge on any atom is 0.222 e. The summed E-state index contributed by atoms with van der Waals surface area (Å²) in [6.07, 6.45) is 0.925. The third-order valence-electron chi connectivity index (χ3n) is 2.82. The van der Waals surface area contributed by atoms with E-state index in [1.807, 2.05) is 13.8 Å². The lowest BCUT2D eigenvalue weighted by Gasteiger charge is -2.08. The zero-order valence-corrected chi connectivity index (χ0v) is 11.9. The van der Waals surface area contributed by atoms with E-state index in [4.69, 9.17) is 0 Å². The first-order chi connectivity index (χ1) is 9.49. The van der Waals surface area contributed by atoms with Gasteiger partial charge in [0, 0.05) is 25.4 Å². The molecule has 0 aromatic heterocycles. The molecule has 0 saturated heterocycles. The maximum absolute atomic E-state index is 12.7. The van der Waals surface area contributed by atoms with Gasteiger partial charge in [0.25, 0.3) is 0 Å². The third-order valence-corrected chi connectivity index (χ3v) is 2.82. The van der Waals surface area contributed by atoms with Crippen LogP contribution in [0.25, 0.3) is 0 Å². The number of carbonyl (C=O) groups is 2. The van der Waals surface area contributed by atoms with Crippen LogP contribution in [0.5, 0.6) is 0 Å². The van der Waals surface area contributed by atoms with E-state index in [1.165, 1.54) is 12.1 Å². The number of aryl methyl sites for hydroxylation is 1. The van der Waals surface area contributed by atoms with Gasteiger partial charge in [-0.1, -0.05) is 26.0 Å². The Kier molecular flexibility index (Phi) is 6.70. The van der Waals surface area contributed by atoms with Crippen LogP contribution in [0.4, 0.5) is 4.39 Å². The Hall–Kier alpha value is -1.91. The van der Waals surface area contributed by atoms with Crippen LogP contribution in [-0.2, 0) is 16.0 Å². The van der Waals surface area contributed by atoms with Crippen molar-refractivity contribution in [2.75, 3.05) is 13.1 Å². The van der Waals surface area contributed by atoms with Crippen LogP contribution in [0.2, 0.25) is 0 Å². The highest BCUT2D eigenvalue weighted by molar-refractivity contribution is 5.78. The SMILES string of the molecule is CC(C)C(=O)NCCNC(=O)CCc1ccc(F)cc1. The van der Waals surface area contributed by atoms with Crippen LogP contribution in [0.15, 0.2) is 24.3 Å². The fourth-order valence-electron chi connectivity index (χ4n) is 1.59. The molecule has 20 heavy (non-hydrogen) atoms. The first kappa shape index (κ1) is 16.1. The van der Waals surface area contributed by atoms with E-state index >= 15 is 0 Å². The van der Waals surface area contributed by atoms with Gasteiger partial charge in [-0.2, -0.15) is 0 Å². The van der Waals surface area contributed by atoms with E-state index in [1.54, 1.807) is 12.1 Å². The van der Waals surface area contributed by atoms with Gasteiger partial charge in [-0.05, 0) is 24.1 Å². The Bertz CT molecular complexity index is 444. The van der Waals surface area contributed by atoms with Gasteiger partial charge in [0.1, 0.15) is 5.82 Å². The number of rotatable bonds is 7. The van der Waals surface area contributed by atoms with Gasteiger partial charge in [0.05, 0.1) is 0 Å². The molecule has 0 heterocycles. The van der Waals surface area contributed by atoms with E-state index in [0.29, 0.717) is 25.9 Å². The molecular formula is C15H21FN2O2. The first-order valence-corrected chi connectivity index (χ1v) is 6.78. The van der Waals surface area contributed by atoms with Gasteiger partial charge in [-0.15, -0.1) is 0 Å². The largest absolute Gasteiger partial charge is 0.354 e. The topological polar surface area (TPSA) is 58.2 Å². The van der Waals surface area contributed by atoms with Crippen LogP contribution in [0.3, 0.4) is 0 Å². The highest BCUT2D eigenvalue weighted by atomic mass is 19.1. The summed E-state index contributed by atoms with van der Waals surface area (Å²) in [5.74, 6) is -0.429. The molecule has 1 aromatic carbocycles. The molecule has 0 saturated carbocycles. The zero-order valence-electron chi connectivity index (χ0n) is 11.9. The molecule has 0 aliphatic carbocycles. The van der Waals surface area contributed by atoms with Crippen molar-refractivity contribution in [2.24, 2.45) is 5.92 Å². The van der Waals surface area contributed by atoms with Gasteiger partial charge >= 0.3 is 0 Å². The molecule has 0 unspecified atom stereocenters. The van der Waals surface area contributed by atoms with Crippen molar-refractivity contribution < 1.29 is 14.0 Å². The molecule has 0 aliphatic rings. The second-order valence-corrected chi connectivity index (χ2v) is 4.92. The zero-order chi connectivity index (χ0) is 15.0. The quantitative estimate of drug-likeness (QED) is 0.746. The minimum Gasteiger partial charge on any atom is -0.354 e. The third kappa shape index (κ3) is 6.31. The van der Waals surface area contributed by atoms with Crippen molar-refractivity contribution >= 4 is 11.8 Å². The number of benzene rings is 1. The van der Waals surface area contributed by atoms with E-state index in [-0.39, 0.29) is 23.5 Å². The Morgan fingerprint density at radius 1 is 1.10 bits per heavy atom. The molecule has 5 heteroatoms. The average molecular weight is 280 g/mol. The van der Waals surface area contributed by atoms with Crippen LogP contribution in [-0.4, -0.2) is 24.9 Å². The van der Waals surface area contributed by atoms with Crippen LogP contribution >= 0.6 is 0 Å². The Labute approximate surface area is 118 Å². The van der Waals surface area contributed by atoms with Crippen molar-refractivity contribution in [2.45, 2.75) is 26.7 Å². The van der Waals surface area contributed by atoms with Crippen LogP contribution < -0.4 is 10.6 Å². The Balaban J connectivity index is 2.14. The van der Waals surface area contributed by atoms with Crippen molar-refractivity contribution in [3.05, 3.63) is 35.6 Å². The minimum absolute atomic E-state index is 0.0226. The molecule has 2 N–H and O–H groups in total. The van der Waals surface area contributed by atoms with E-state index in [0.717, 1.165) is 5.56 Å². The standard InChI is InChI=1S/C15H21FN2O2/c1-11(2)15(20)18-10-9-17-14(19)8-5-12-3-6-13(16)7-4-12/h3-4,6-7,11H,5,8-10H2,1-2H3,(H,17,19)(H,18,20). The first-order valence-electron chi connectivity index (χ1n) is 6.78. The van der Waals surface area contributed by atoms with E-state index in [2.05, 4.69) is 10.6 Å². The summed E-state index contributed by atoms with van der Waals surface area (Å²) in [5.41, 5.74) is 0.926. The summed E-state index contributed by atoms with van der Waals surface area (Å²) in [4.78, 5) is 22.8. The van der Waals surface area contributed by atoms with Crippen LogP contribution in [0, 0.1) is 11.7 Å². The molecule has 1 rings (SSSR count). The molecule has 0 aliphatic heterocycles. The van der Waals surface area contributed by atoms with E-state index in [9.17, 15) is 14.0 Å². The number of carbonyl (C=O) groups excluding carboxylic acids is 2. The lowest BCUT2D eigenvalue weighted by molar-refractivity contribution is -0.124. The Morgan fingerprint density at radius 3 is 2.30 bits per heavy atom. The molecule has 0 bridgehead atoms. The smallest absolute Gasteiger partial charge is 0.222 e. The fraction of sp³-hybridized carbons (Fsp3) is 0.467. The maximum atomic E-state index is 12.7. The molecule has 0 atom stereocenters. The second-order valence-electron chi connectivity index (χ2n) is 4.92. The summed E-state index contributed by atoms with van der Waals surface area (Å²) < 4.78 is 12.7. The highest BCUT2D eigenvalue weighted by Gasteiger charge is 2.06. The highest BCUT2D eigenvalue weighted by Crippen LogP contribution is 2.05. The normalized spacial score (nSPS) is 10.4. The van der Waals surface area contributed by atoms with Gasteiger partial charge in [-0.25, -0.2) is 4.39 Å². The van der Waals surface area contributed by atoms with Gasteiger partial charge < -0.3 is 10.6 Å². The monoisotopic (exact) mass is 280 g/mol. The summed E-state index contributed by atoms with van der Waals surface area (Å²) >= 11 is 0. The number of hydrogen-bond donors (Lipinski definition) is 2. The van der Waals surface area contributed by atoms with Gasteiger partial charge in [-0.3, -0.25) is 9.59 Å². The molecule has 2 amide bonds. The lowest BCUT2D eigenvalue weighted by Crippen LogP contribution is -2.36. The number of hydrogen-bond acceptors (Lipinski definition) is 2. The van der Waals surface area contributed by atoms with Crippen molar-refractivity contribution in [1.82, 2.24) is 10.6 Å². The predicted octanol–water partition coefficient (Wildman–Crippen LogP) is 1.65. The summed E-state index contributed by atoms with van der Waals surface area (Å²) in [6.45, 7) is 4.48. The summed E-state index contributed by atoms with van der Waals surface area (Å²) in [7, 11) is 0. The predicted molar refractivity (Wildman–Crippen MR) is 75.6 cm³/mol. The summed E-state index contributed by atoms with van der Waals surface area (Å²) in [5, 5.41) is 5.45. The van der Waals surface area contributed by atoms with Crippen molar-refractivity contribution in [1.29, 1.82) is 0 Å². The number of nitrogens with one attached hydrogen (secondary N) is 2. The molecule has 110 valence electrons. The van der Waals surface area contributed by atoms with Crippen LogP contribution in [0.1, 0.15) is 25.8 Å². The molecular weight excluding hydrogens is 259 g/mol.